The summed E-state index contributed by atoms with van der Waals surface area (Å²) in [6.45, 7) is 1.31. The SMILES string of the molecule is COc1cc(N)c(Cl)cc1C(=O)NC1CCN(CC(OC)C(=O)O)CC1OC. The number of nitrogens with two attached hydrogens (primary N) is 1. The second-order valence-corrected chi connectivity index (χ2v) is 6.95. The van der Waals surface area contributed by atoms with E-state index in [9.17, 15) is 9.59 Å². The van der Waals surface area contributed by atoms with Crippen LogP contribution in [0.15, 0.2) is 12.1 Å². The molecule has 1 amide bonds. The number of piperidine rings is 1. The Labute approximate surface area is 168 Å². The van der Waals surface area contributed by atoms with Crippen LogP contribution in [0.3, 0.4) is 0 Å². The molecule has 10 heteroatoms. The predicted molar refractivity (Wildman–Crippen MR) is 104 cm³/mol. The van der Waals surface area contributed by atoms with Gasteiger partial charge in [0.1, 0.15) is 5.75 Å². The van der Waals surface area contributed by atoms with Gasteiger partial charge < -0.3 is 30.4 Å². The number of hydrogen-bond acceptors (Lipinski definition) is 7. The molecule has 0 spiro atoms. The maximum Gasteiger partial charge on any atom is 0.334 e. The highest BCUT2D eigenvalue weighted by atomic mass is 35.5. The van der Waals surface area contributed by atoms with E-state index in [-0.39, 0.29) is 35.2 Å². The van der Waals surface area contributed by atoms with E-state index in [2.05, 4.69) is 5.32 Å². The Kier molecular flexibility index (Phi) is 7.88. The van der Waals surface area contributed by atoms with Crippen LogP contribution >= 0.6 is 11.6 Å². The van der Waals surface area contributed by atoms with E-state index in [1.807, 2.05) is 4.90 Å². The van der Waals surface area contributed by atoms with Crippen LogP contribution in [-0.2, 0) is 14.3 Å². The number of carboxylic acids is 1. The van der Waals surface area contributed by atoms with Gasteiger partial charge in [0.2, 0.25) is 0 Å². The minimum Gasteiger partial charge on any atom is -0.496 e. The number of hydrogen-bond donors (Lipinski definition) is 3. The lowest BCUT2D eigenvalue weighted by atomic mass is 10.0. The van der Waals surface area contributed by atoms with E-state index in [1.54, 1.807) is 7.11 Å². The molecule has 0 aliphatic carbocycles. The quantitative estimate of drug-likeness (QED) is 0.534. The topological polar surface area (TPSA) is 123 Å². The van der Waals surface area contributed by atoms with E-state index >= 15 is 0 Å². The van der Waals surface area contributed by atoms with Gasteiger partial charge in [-0.05, 0) is 12.5 Å². The highest BCUT2D eigenvalue weighted by Gasteiger charge is 2.33. The van der Waals surface area contributed by atoms with Crippen molar-refractivity contribution >= 4 is 29.2 Å². The Morgan fingerprint density at radius 1 is 1.39 bits per heavy atom. The van der Waals surface area contributed by atoms with Gasteiger partial charge in [-0.25, -0.2) is 4.79 Å². The molecular formula is C18H26ClN3O6. The molecule has 0 bridgehead atoms. The summed E-state index contributed by atoms with van der Waals surface area (Å²) < 4.78 is 15.7. The summed E-state index contributed by atoms with van der Waals surface area (Å²) in [4.78, 5) is 25.9. The second-order valence-electron chi connectivity index (χ2n) is 6.54. The molecule has 0 saturated carbocycles. The molecule has 9 nitrogen and oxygen atoms in total. The molecule has 0 radical (unpaired) electrons. The fraction of sp³-hybridized carbons (Fsp3) is 0.556. The number of carboxylic acid groups (broad SMARTS) is 1. The average molecular weight is 416 g/mol. The number of aliphatic carboxylic acids is 1. The van der Waals surface area contributed by atoms with Crippen molar-refractivity contribution in [1.29, 1.82) is 0 Å². The zero-order valence-corrected chi connectivity index (χ0v) is 16.9. The molecule has 156 valence electrons. The molecule has 1 fully saturated rings. The van der Waals surface area contributed by atoms with Crippen LogP contribution in [0, 0.1) is 0 Å². The molecule has 1 aromatic carbocycles. The molecular weight excluding hydrogens is 390 g/mol. The largest absolute Gasteiger partial charge is 0.496 e. The van der Waals surface area contributed by atoms with E-state index in [0.29, 0.717) is 30.9 Å². The summed E-state index contributed by atoms with van der Waals surface area (Å²) in [5.74, 6) is -1.03. The molecule has 2 rings (SSSR count). The number of benzene rings is 1. The number of anilines is 1. The lowest BCUT2D eigenvalue weighted by Gasteiger charge is -2.38. The van der Waals surface area contributed by atoms with Gasteiger partial charge in [0.05, 0.1) is 35.5 Å². The van der Waals surface area contributed by atoms with Crippen molar-refractivity contribution in [3.05, 3.63) is 22.7 Å². The van der Waals surface area contributed by atoms with Gasteiger partial charge in [0, 0.05) is 39.9 Å². The standard InChI is InChI=1S/C18H26ClN3O6/c1-26-14-7-12(20)11(19)6-10(14)17(23)21-13-4-5-22(8-15(13)27-2)9-16(28-3)18(24)25/h6-7,13,15-16H,4-5,8-9,20H2,1-3H3,(H,21,23)(H,24,25). The smallest absolute Gasteiger partial charge is 0.334 e. The van der Waals surface area contributed by atoms with E-state index in [4.69, 9.17) is 36.7 Å². The van der Waals surface area contributed by atoms with Crippen molar-refractivity contribution < 1.29 is 28.9 Å². The monoisotopic (exact) mass is 415 g/mol. The van der Waals surface area contributed by atoms with E-state index < -0.39 is 12.1 Å². The van der Waals surface area contributed by atoms with Crippen LogP contribution < -0.4 is 15.8 Å². The zero-order valence-electron chi connectivity index (χ0n) is 16.1. The van der Waals surface area contributed by atoms with Crippen LogP contribution in [0.5, 0.6) is 5.75 Å². The van der Waals surface area contributed by atoms with Crippen LogP contribution in [0.1, 0.15) is 16.8 Å². The third-order valence-corrected chi connectivity index (χ3v) is 5.14. The zero-order chi connectivity index (χ0) is 20.8. The van der Waals surface area contributed by atoms with Gasteiger partial charge in [-0.3, -0.25) is 9.69 Å². The normalized spacial score (nSPS) is 21.1. The first-order valence-corrected chi connectivity index (χ1v) is 9.13. The average Bonchev–Trinajstić information content (AvgIpc) is 2.68. The Balaban J connectivity index is 2.06. The van der Waals surface area contributed by atoms with Crippen molar-refractivity contribution in [3.8, 4) is 5.75 Å². The summed E-state index contributed by atoms with van der Waals surface area (Å²) in [6, 6.07) is 2.73. The van der Waals surface area contributed by atoms with Crippen molar-refractivity contribution in [2.24, 2.45) is 0 Å². The first-order valence-electron chi connectivity index (χ1n) is 8.75. The van der Waals surface area contributed by atoms with Gasteiger partial charge in [0.25, 0.3) is 5.91 Å². The Bertz CT molecular complexity index is 717. The van der Waals surface area contributed by atoms with E-state index in [0.717, 1.165) is 0 Å². The molecule has 1 aromatic rings. The molecule has 1 saturated heterocycles. The Morgan fingerprint density at radius 3 is 2.68 bits per heavy atom. The maximum absolute atomic E-state index is 12.8. The van der Waals surface area contributed by atoms with E-state index in [1.165, 1.54) is 26.4 Å². The molecule has 1 aliphatic heterocycles. The predicted octanol–water partition coefficient (Wildman–Crippen LogP) is 0.850. The lowest BCUT2D eigenvalue weighted by Crippen LogP contribution is -2.56. The second kappa shape index (κ2) is 9.92. The number of amides is 1. The maximum atomic E-state index is 12.8. The number of rotatable bonds is 8. The summed E-state index contributed by atoms with van der Waals surface area (Å²) in [5, 5.41) is 12.4. The molecule has 3 unspecified atom stereocenters. The van der Waals surface area contributed by atoms with Gasteiger partial charge in [-0.2, -0.15) is 0 Å². The molecule has 3 atom stereocenters. The van der Waals surface area contributed by atoms with Crippen LogP contribution in [0.4, 0.5) is 5.69 Å². The van der Waals surface area contributed by atoms with Gasteiger partial charge in [-0.15, -0.1) is 0 Å². The van der Waals surface area contributed by atoms with Crippen LogP contribution in [0.25, 0.3) is 0 Å². The highest BCUT2D eigenvalue weighted by Crippen LogP contribution is 2.29. The Hall–Kier alpha value is -2.07. The summed E-state index contributed by atoms with van der Waals surface area (Å²) >= 11 is 6.04. The number of nitrogen functional groups attached to an aromatic ring is 1. The first-order chi connectivity index (χ1) is 13.3. The van der Waals surface area contributed by atoms with Crippen molar-refractivity contribution in [3.63, 3.8) is 0 Å². The minimum absolute atomic E-state index is 0.244. The lowest BCUT2D eigenvalue weighted by molar-refractivity contribution is -0.150. The number of ether oxygens (including phenoxy) is 3. The fourth-order valence-corrected chi connectivity index (χ4v) is 3.36. The number of methoxy groups -OCH3 is 3. The third-order valence-electron chi connectivity index (χ3n) is 4.81. The third kappa shape index (κ3) is 5.26. The molecule has 1 aliphatic rings. The van der Waals surface area contributed by atoms with Crippen molar-refractivity contribution in [2.45, 2.75) is 24.7 Å². The number of carbonyl (C=O) groups excluding carboxylic acids is 1. The molecule has 4 N–H and O–H groups in total. The number of nitrogens with one attached hydrogen (secondary N) is 1. The highest BCUT2D eigenvalue weighted by molar-refractivity contribution is 6.33. The minimum atomic E-state index is -1.01. The van der Waals surface area contributed by atoms with Crippen molar-refractivity contribution in [2.75, 3.05) is 46.7 Å². The number of nitrogens with zero attached hydrogens (tertiary/aromatic N) is 1. The molecule has 1 heterocycles. The van der Waals surface area contributed by atoms with Crippen LogP contribution in [-0.4, -0.2) is 81.1 Å². The number of likely N-dealkylation sites (tertiary alicyclic amines) is 1. The first kappa shape index (κ1) is 22.2. The molecule has 28 heavy (non-hydrogen) atoms. The summed E-state index contributed by atoms with van der Waals surface area (Å²) in [6.07, 6.45) is -0.630. The van der Waals surface area contributed by atoms with Gasteiger partial charge in [0.15, 0.2) is 6.10 Å². The van der Waals surface area contributed by atoms with Gasteiger partial charge >= 0.3 is 5.97 Å². The van der Waals surface area contributed by atoms with Crippen molar-refractivity contribution in [1.82, 2.24) is 10.2 Å². The number of halogens is 1. The number of carbonyl (C=O) groups is 2. The van der Waals surface area contributed by atoms with Crippen LogP contribution in [0.2, 0.25) is 5.02 Å². The fourth-order valence-electron chi connectivity index (χ4n) is 3.20. The van der Waals surface area contributed by atoms with Gasteiger partial charge in [-0.1, -0.05) is 11.6 Å². The molecule has 0 aromatic heterocycles. The summed E-state index contributed by atoms with van der Waals surface area (Å²) in [7, 11) is 4.37. The summed E-state index contributed by atoms with van der Waals surface area (Å²) in [5.41, 5.74) is 6.36. The Morgan fingerprint density at radius 2 is 2.11 bits per heavy atom.